The lowest BCUT2D eigenvalue weighted by atomic mass is 10.2. The Hall–Kier alpha value is -3.22. The fraction of sp³-hybridized carbons (Fsp3) is 0.364. The molecule has 1 saturated carbocycles. The van der Waals surface area contributed by atoms with Crippen LogP contribution in [0.2, 0.25) is 0 Å². The summed E-state index contributed by atoms with van der Waals surface area (Å²) in [5.74, 6) is 1.32. The number of pyridine rings is 1. The van der Waals surface area contributed by atoms with E-state index < -0.39 is 0 Å². The van der Waals surface area contributed by atoms with Gasteiger partial charge in [0.05, 0.1) is 12.2 Å². The van der Waals surface area contributed by atoms with Crippen LogP contribution in [0, 0.1) is 5.92 Å². The van der Waals surface area contributed by atoms with Crippen molar-refractivity contribution in [3.63, 3.8) is 0 Å². The van der Waals surface area contributed by atoms with Gasteiger partial charge in [0.2, 0.25) is 5.95 Å². The minimum Gasteiger partial charge on any atom is -0.347 e. The van der Waals surface area contributed by atoms with Crippen LogP contribution in [-0.2, 0) is 13.1 Å². The van der Waals surface area contributed by atoms with E-state index in [4.69, 9.17) is 0 Å². The van der Waals surface area contributed by atoms with Crippen molar-refractivity contribution < 1.29 is 4.79 Å². The Kier molecular flexibility index (Phi) is 5.29. The molecule has 0 spiro atoms. The molecule has 0 aliphatic heterocycles. The van der Waals surface area contributed by atoms with Crippen molar-refractivity contribution in [2.75, 3.05) is 26.0 Å². The largest absolute Gasteiger partial charge is 0.347 e. The predicted octanol–water partition coefficient (Wildman–Crippen LogP) is 3.09. The summed E-state index contributed by atoms with van der Waals surface area (Å²) < 4.78 is 2.09. The number of amides is 1. The number of rotatable bonds is 7. The number of nitrogens with zero attached hydrogens (tertiary/aromatic N) is 6. The van der Waals surface area contributed by atoms with Gasteiger partial charge in [0.15, 0.2) is 0 Å². The molecule has 0 unspecified atom stereocenters. The molecular formula is C22H26N6O. The zero-order valence-electron chi connectivity index (χ0n) is 17.1. The second kappa shape index (κ2) is 8.03. The molecule has 150 valence electrons. The Morgan fingerprint density at radius 2 is 1.86 bits per heavy atom. The van der Waals surface area contributed by atoms with Gasteiger partial charge in [-0.3, -0.25) is 9.78 Å². The molecule has 0 aromatic carbocycles. The van der Waals surface area contributed by atoms with Gasteiger partial charge in [-0.05, 0) is 37.0 Å². The first-order valence-corrected chi connectivity index (χ1v) is 9.86. The number of carbonyl (C=O) groups is 1. The van der Waals surface area contributed by atoms with Crippen LogP contribution in [0.5, 0.6) is 0 Å². The molecule has 1 fully saturated rings. The van der Waals surface area contributed by atoms with Gasteiger partial charge in [0.1, 0.15) is 5.69 Å². The third-order valence-electron chi connectivity index (χ3n) is 5.11. The summed E-state index contributed by atoms with van der Waals surface area (Å²) in [7, 11) is 5.64. The van der Waals surface area contributed by atoms with Crippen LogP contribution < -0.4 is 4.90 Å². The average Bonchev–Trinajstić information content (AvgIpc) is 3.45. The van der Waals surface area contributed by atoms with E-state index in [0.717, 1.165) is 23.4 Å². The molecule has 1 amide bonds. The highest BCUT2D eigenvalue weighted by molar-refractivity contribution is 5.94. The van der Waals surface area contributed by atoms with Gasteiger partial charge < -0.3 is 14.4 Å². The monoisotopic (exact) mass is 390 g/mol. The van der Waals surface area contributed by atoms with E-state index in [1.54, 1.807) is 11.1 Å². The minimum atomic E-state index is -0.00613. The Labute approximate surface area is 171 Å². The van der Waals surface area contributed by atoms with Crippen molar-refractivity contribution in [3.8, 4) is 11.1 Å². The third kappa shape index (κ3) is 4.45. The molecule has 0 bridgehead atoms. The first-order chi connectivity index (χ1) is 14.0. The predicted molar refractivity (Wildman–Crippen MR) is 113 cm³/mol. The fourth-order valence-corrected chi connectivity index (χ4v) is 3.28. The standard InChI is InChI=1S/C22H26N6O/c1-26(2)22-24-11-18(12-25-22)17-10-20(28(14-17)13-16-7-8-16)21(29)27(3)15-19-6-4-5-9-23-19/h4-6,9-12,14,16H,7-8,13,15H2,1-3H3. The van der Waals surface area contributed by atoms with Crippen molar-refractivity contribution >= 4 is 11.9 Å². The van der Waals surface area contributed by atoms with E-state index in [-0.39, 0.29) is 5.91 Å². The van der Waals surface area contributed by atoms with Crippen LogP contribution in [-0.4, -0.2) is 51.5 Å². The van der Waals surface area contributed by atoms with E-state index in [1.807, 2.05) is 68.9 Å². The first kappa shape index (κ1) is 19.1. The second-order valence-corrected chi connectivity index (χ2v) is 7.86. The van der Waals surface area contributed by atoms with Crippen LogP contribution in [0.1, 0.15) is 29.0 Å². The van der Waals surface area contributed by atoms with Crippen LogP contribution in [0.15, 0.2) is 49.1 Å². The van der Waals surface area contributed by atoms with Gasteiger partial charge in [-0.2, -0.15) is 0 Å². The molecule has 0 N–H and O–H groups in total. The lowest BCUT2D eigenvalue weighted by Gasteiger charge is -2.18. The van der Waals surface area contributed by atoms with Gasteiger partial charge in [-0.15, -0.1) is 0 Å². The molecule has 0 saturated heterocycles. The van der Waals surface area contributed by atoms with Crippen molar-refractivity contribution in [1.29, 1.82) is 0 Å². The molecule has 3 aromatic rings. The van der Waals surface area contributed by atoms with Gasteiger partial charge in [0.25, 0.3) is 5.91 Å². The molecule has 7 heteroatoms. The van der Waals surface area contributed by atoms with Gasteiger partial charge >= 0.3 is 0 Å². The lowest BCUT2D eigenvalue weighted by molar-refractivity contribution is 0.0772. The van der Waals surface area contributed by atoms with Gasteiger partial charge in [0, 0.05) is 63.6 Å². The van der Waals surface area contributed by atoms with E-state index in [0.29, 0.717) is 24.1 Å². The number of aromatic nitrogens is 4. The smallest absolute Gasteiger partial charge is 0.270 e. The number of anilines is 1. The molecule has 7 nitrogen and oxygen atoms in total. The highest BCUT2D eigenvalue weighted by Crippen LogP contribution is 2.33. The fourth-order valence-electron chi connectivity index (χ4n) is 3.28. The zero-order valence-corrected chi connectivity index (χ0v) is 17.1. The Balaban J connectivity index is 1.60. The van der Waals surface area contributed by atoms with E-state index in [2.05, 4.69) is 19.5 Å². The molecule has 0 radical (unpaired) electrons. The Morgan fingerprint density at radius 3 is 2.48 bits per heavy atom. The molecule has 3 aromatic heterocycles. The Bertz CT molecular complexity index is 976. The number of hydrogen-bond donors (Lipinski definition) is 0. The molecule has 0 atom stereocenters. The number of hydrogen-bond acceptors (Lipinski definition) is 5. The van der Waals surface area contributed by atoms with Crippen molar-refractivity contribution in [2.24, 2.45) is 5.92 Å². The number of carbonyl (C=O) groups excluding carboxylic acids is 1. The maximum absolute atomic E-state index is 13.2. The SMILES string of the molecule is CN(Cc1ccccn1)C(=O)c1cc(-c2cnc(N(C)C)nc2)cn1CC1CC1. The highest BCUT2D eigenvalue weighted by Gasteiger charge is 2.26. The summed E-state index contributed by atoms with van der Waals surface area (Å²) in [6.07, 6.45) is 9.88. The van der Waals surface area contributed by atoms with Crippen LogP contribution in [0.3, 0.4) is 0 Å². The van der Waals surface area contributed by atoms with Crippen molar-refractivity contribution in [1.82, 2.24) is 24.4 Å². The molecule has 29 heavy (non-hydrogen) atoms. The van der Waals surface area contributed by atoms with Crippen molar-refractivity contribution in [3.05, 3.63) is 60.4 Å². The first-order valence-electron chi connectivity index (χ1n) is 9.86. The maximum Gasteiger partial charge on any atom is 0.270 e. The Morgan fingerprint density at radius 1 is 1.10 bits per heavy atom. The molecule has 4 rings (SSSR count). The quantitative estimate of drug-likeness (QED) is 0.620. The molecule has 3 heterocycles. The zero-order chi connectivity index (χ0) is 20.4. The summed E-state index contributed by atoms with van der Waals surface area (Å²) in [5.41, 5.74) is 3.44. The molecule has 1 aliphatic rings. The van der Waals surface area contributed by atoms with Gasteiger partial charge in [-0.25, -0.2) is 9.97 Å². The van der Waals surface area contributed by atoms with E-state index >= 15 is 0 Å². The third-order valence-corrected chi connectivity index (χ3v) is 5.11. The summed E-state index contributed by atoms with van der Waals surface area (Å²) in [6, 6.07) is 7.70. The highest BCUT2D eigenvalue weighted by atomic mass is 16.2. The molecular weight excluding hydrogens is 364 g/mol. The van der Waals surface area contributed by atoms with Crippen molar-refractivity contribution in [2.45, 2.75) is 25.9 Å². The summed E-state index contributed by atoms with van der Waals surface area (Å²) in [5, 5.41) is 0. The van der Waals surface area contributed by atoms with E-state index in [1.165, 1.54) is 12.8 Å². The average molecular weight is 390 g/mol. The van der Waals surface area contributed by atoms with Crippen LogP contribution >= 0.6 is 0 Å². The second-order valence-electron chi connectivity index (χ2n) is 7.86. The summed E-state index contributed by atoms with van der Waals surface area (Å²) >= 11 is 0. The molecule has 1 aliphatic carbocycles. The summed E-state index contributed by atoms with van der Waals surface area (Å²) in [6.45, 7) is 1.35. The van der Waals surface area contributed by atoms with E-state index in [9.17, 15) is 4.79 Å². The normalized spacial score (nSPS) is 13.3. The maximum atomic E-state index is 13.2. The van der Waals surface area contributed by atoms with Gasteiger partial charge in [-0.1, -0.05) is 6.07 Å². The topological polar surface area (TPSA) is 67.2 Å². The summed E-state index contributed by atoms with van der Waals surface area (Å²) in [4.78, 5) is 29.9. The minimum absolute atomic E-state index is 0.00613. The van der Waals surface area contributed by atoms with Crippen LogP contribution in [0.25, 0.3) is 11.1 Å². The van der Waals surface area contributed by atoms with Crippen LogP contribution in [0.4, 0.5) is 5.95 Å². The lowest BCUT2D eigenvalue weighted by Crippen LogP contribution is -2.28.